The highest BCUT2D eigenvalue weighted by atomic mass is 16.5. The quantitative estimate of drug-likeness (QED) is 0.0322. The average Bonchev–Trinajstić information content (AvgIpc) is 3.26. The summed E-state index contributed by atoms with van der Waals surface area (Å²) in [6.45, 7) is 4.83. The Kier molecular flexibility index (Phi) is 49.1. The summed E-state index contributed by atoms with van der Waals surface area (Å²) >= 11 is 0. The largest absolute Gasteiger partial charge is 0.466 e. The van der Waals surface area contributed by atoms with Gasteiger partial charge in [-0.1, -0.05) is 237 Å². The first-order valence-electron chi connectivity index (χ1n) is 26.8. The highest BCUT2D eigenvalue weighted by Gasteiger charge is 2.18. The number of hydrogen-bond acceptors (Lipinski definition) is 5. The van der Waals surface area contributed by atoms with E-state index in [2.05, 4.69) is 43.5 Å². The highest BCUT2D eigenvalue weighted by molar-refractivity contribution is 5.76. The highest BCUT2D eigenvalue weighted by Crippen LogP contribution is 2.16. The van der Waals surface area contributed by atoms with Crippen LogP contribution in [0.1, 0.15) is 277 Å². The molecule has 0 bridgehead atoms. The Labute approximate surface area is 379 Å². The minimum atomic E-state index is -0.857. The molecular formula is C55H103NO5. The number of aliphatic hydroxyl groups is 2. The fourth-order valence-corrected chi connectivity index (χ4v) is 8.02. The number of carbonyl (C=O) groups excluding carboxylic acids is 2. The van der Waals surface area contributed by atoms with Gasteiger partial charge in [0.05, 0.1) is 25.4 Å². The third kappa shape index (κ3) is 47.4. The predicted octanol–water partition coefficient (Wildman–Crippen LogP) is 16.1. The molecule has 1 amide bonds. The van der Waals surface area contributed by atoms with Gasteiger partial charge in [-0.3, -0.25) is 9.59 Å². The van der Waals surface area contributed by atoms with Crippen LogP contribution in [0.25, 0.3) is 0 Å². The van der Waals surface area contributed by atoms with Crippen LogP contribution in [0, 0.1) is 0 Å². The number of hydrogen-bond donors (Lipinski definition) is 3. The number of unbranched alkanes of at least 4 members (excludes halogenated alkanes) is 34. The lowest BCUT2D eigenvalue weighted by Gasteiger charge is -2.20. The SMILES string of the molecule is CCCCC/C=C\C/C=C\CCCCCCCCCC(=O)OCCCCCCCCCCCCCC(=O)NC(CO)C(O)/C=C/CCCCCCCCCCCCCCCC. The Balaban J connectivity index is 3.51. The number of ether oxygens (including phenoxy) is 1. The summed E-state index contributed by atoms with van der Waals surface area (Å²) in [5, 5.41) is 23.1. The lowest BCUT2D eigenvalue weighted by atomic mass is 10.0. The maximum Gasteiger partial charge on any atom is 0.305 e. The van der Waals surface area contributed by atoms with E-state index < -0.39 is 12.1 Å². The van der Waals surface area contributed by atoms with Gasteiger partial charge < -0.3 is 20.3 Å². The number of allylic oxidation sites excluding steroid dienone is 5. The first-order chi connectivity index (χ1) is 30.0. The standard InChI is InChI=1S/C55H103NO5/c1-3-5-7-9-11-13-15-17-19-21-23-25-29-33-37-41-45-49-55(60)61-50-46-42-38-34-30-26-28-32-36-40-44-48-54(59)56-52(51-57)53(58)47-43-39-35-31-27-24-22-20-18-16-14-12-10-8-6-4-2/h11,13,17,19,43,47,52-53,57-58H,3-10,12,14-16,18,20-42,44-46,48-51H2,1-2H3,(H,56,59)/b13-11-,19-17-,47-43+. The van der Waals surface area contributed by atoms with E-state index in [9.17, 15) is 19.8 Å². The van der Waals surface area contributed by atoms with Crippen molar-refractivity contribution in [1.29, 1.82) is 0 Å². The van der Waals surface area contributed by atoms with Crippen molar-refractivity contribution in [1.82, 2.24) is 5.32 Å². The molecule has 0 aromatic rings. The summed E-state index contributed by atoms with van der Waals surface area (Å²) < 4.78 is 5.46. The molecule has 0 aromatic heterocycles. The maximum atomic E-state index is 12.4. The Morgan fingerprint density at radius 2 is 0.820 bits per heavy atom. The van der Waals surface area contributed by atoms with Crippen LogP contribution in [0.15, 0.2) is 36.5 Å². The smallest absolute Gasteiger partial charge is 0.305 e. The molecule has 2 unspecified atom stereocenters. The van der Waals surface area contributed by atoms with Gasteiger partial charge in [0.2, 0.25) is 5.91 Å². The summed E-state index contributed by atoms with van der Waals surface area (Å²) in [7, 11) is 0. The van der Waals surface area contributed by atoms with Crippen LogP contribution in [0.5, 0.6) is 0 Å². The van der Waals surface area contributed by atoms with Gasteiger partial charge in [-0.2, -0.15) is 0 Å². The van der Waals surface area contributed by atoms with Gasteiger partial charge in [0.25, 0.3) is 0 Å². The van der Waals surface area contributed by atoms with Crippen molar-refractivity contribution < 1.29 is 24.5 Å². The fourth-order valence-electron chi connectivity index (χ4n) is 8.02. The molecule has 358 valence electrons. The van der Waals surface area contributed by atoms with E-state index in [1.165, 1.54) is 186 Å². The molecule has 3 N–H and O–H groups in total. The zero-order chi connectivity index (χ0) is 44.4. The molecule has 6 heteroatoms. The first-order valence-corrected chi connectivity index (χ1v) is 26.8. The summed E-state index contributed by atoms with van der Waals surface area (Å²) in [5.74, 6) is -0.110. The van der Waals surface area contributed by atoms with E-state index in [1.807, 2.05) is 6.08 Å². The number of esters is 1. The van der Waals surface area contributed by atoms with E-state index in [0.717, 1.165) is 64.2 Å². The van der Waals surface area contributed by atoms with Crippen LogP contribution in [-0.4, -0.2) is 47.4 Å². The summed E-state index contributed by atoms with van der Waals surface area (Å²) in [4.78, 5) is 24.5. The molecule has 0 spiro atoms. The van der Waals surface area contributed by atoms with Crippen molar-refractivity contribution >= 4 is 11.9 Å². The minimum Gasteiger partial charge on any atom is -0.466 e. The van der Waals surface area contributed by atoms with Crippen molar-refractivity contribution in [2.24, 2.45) is 0 Å². The summed E-state index contributed by atoms with van der Waals surface area (Å²) in [6.07, 6.45) is 61.4. The second-order valence-electron chi connectivity index (χ2n) is 18.2. The third-order valence-corrected chi connectivity index (χ3v) is 12.2. The molecule has 61 heavy (non-hydrogen) atoms. The van der Waals surface area contributed by atoms with Crippen LogP contribution in [0.2, 0.25) is 0 Å². The molecule has 6 nitrogen and oxygen atoms in total. The van der Waals surface area contributed by atoms with Crippen LogP contribution in [0.4, 0.5) is 0 Å². The number of carbonyl (C=O) groups is 2. The minimum absolute atomic E-state index is 0.0234. The van der Waals surface area contributed by atoms with E-state index >= 15 is 0 Å². The van der Waals surface area contributed by atoms with Crippen molar-refractivity contribution in [3.63, 3.8) is 0 Å². The van der Waals surface area contributed by atoms with Crippen LogP contribution >= 0.6 is 0 Å². The van der Waals surface area contributed by atoms with Crippen molar-refractivity contribution in [2.75, 3.05) is 13.2 Å². The number of aliphatic hydroxyl groups excluding tert-OH is 2. The maximum absolute atomic E-state index is 12.4. The molecule has 0 saturated heterocycles. The predicted molar refractivity (Wildman–Crippen MR) is 264 cm³/mol. The fraction of sp³-hybridized carbons (Fsp3) is 0.855. The average molecular weight is 858 g/mol. The molecule has 0 aliphatic carbocycles. The van der Waals surface area contributed by atoms with Crippen LogP contribution < -0.4 is 5.32 Å². The van der Waals surface area contributed by atoms with Gasteiger partial charge in [0.15, 0.2) is 0 Å². The van der Waals surface area contributed by atoms with Crippen molar-refractivity contribution in [2.45, 2.75) is 289 Å². The van der Waals surface area contributed by atoms with E-state index in [-0.39, 0.29) is 18.5 Å². The third-order valence-electron chi connectivity index (χ3n) is 12.2. The van der Waals surface area contributed by atoms with Crippen molar-refractivity contribution in [3.05, 3.63) is 36.5 Å². The second kappa shape index (κ2) is 50.7. The first kappa shape index (κ1) is 59.1. The normalized spacial score (nSPS) is 12.9. The molecule has 0 aliphatic heterocycles. The van der Waals surface area contributed by atoms with E-state index in [4.69, 9.17) is 4.74 Å². The van der Waals surface area contributed by atoms with Crippen molar-refractivity contribution in [3.8, 4) is 0 Å². The Morgan fingerprint density at radius 3 is 1.28 bits per heavy atom. The topological polar surface area (TPSA) is 95.9 Å². The Bertz CT molecular complexity index is 993. The van der Waals surface area contributed by atoms with E-state index in [0.29, 0.717) is 19.4 Å². The molecule has 0 rings (SSSR count). The lowest BCUT2D eigenvalue weighted by Crippen LogP contribution is -2.45. The molecule has 0 fully saturated rings. The Hall–Kier alpha value is -1.92. The van der Waals surface area contributed by atoms with Gasteiger partial charge in [0.1, 0.15) is 0 Å². The monoisotopic (exact) mass is 858 g/mol. The van der Waals surface area contributed by atoms with Gasteiger partial charge >= 0.3 is 5.97 Å². The zero-order valence-corrected chi connectivity index (χ0v) is 40.6. The number of nitrogens with one attached hydrogen (secondary N) is 1. The van der Waals surface area contributed by atoms with Crippen LogP contribution in [-0.2, 0) is 14.3 Å². The summed E-state index contributed by atoms with van der Waals surface area (Å²) in [5.41, 5.74) is 0. The van der Waals surface area contributed by atoms with Gasteiger partial charge in [-0.25, -0.2) is 0 Å². The molecule has 0 saturated carbocycles. The van der Waals surface area contributed by atoms with Gasteiger partial charge in [-0.15, -0.1) is 0 Å². The van der Waals surface area contributed by atoms with Gasteiger partial charge in [-0.05, 0) is 64.2 Å². The molecule has 0 heterocycles. The second-order valence-corrected chi connectivity index (χ2v) is 18.2. The van der Waals surface area contributed by atoms with E-state index in [1.54, 1.807) is 6.08 Å². The van der Waals surface area contributed by atoms with Crippen LogP contribution in [0.3, 0.4) is 0 Å². The zero-order valence-electron chi connectivity index (χ0n) is 40.6. The molecular weight excluding hydrogens is 755 g/mol. The van der Waals surface area contributed by atoms with Gasteiger partial charge in [0, 0.05) is 12.8 Å². The number of rotatable bonds is 49. The molecule has 0 aromatic carbocycles. The molecule has 0 radical (unpaired) electrons. The lowest BCUT2D eigenvalue weighted by molar-refractivity contribution is -0.143. The molecule has 2 atom stereocenters. The summed E-state index contributed by atoms with van der Waals surface area (Å²) in [6, 6.07) is -0.643. The number of amides is 1. The molecule has 0 aliphatic rings. The Morgan fingerprint density at radius 1 is 0.459 bits per heavy atom.